The summed E-state index contributed by atoms with van der Waals surface area (Å²) in [7, 11) is 0. The maximum absolute atomic E-state index is 12.7. The molecule has 0 spiro atoms. The molecule has 0 radical (unpaired) electrons. The second-order valence-corrected chi connectivity index (χ2v) is 6.61. The molecule has 4 heteroatoms. The summed E-state index contributed by atoms with van der Waals surface area (Å²) in [5.74, 6) is 1.20. The van der Waals surface area contributed by atoms with Crippen molar-refractivity contribution < 1.29 is 9.53 Å². The maximum atomic E-state index is 12.7. The Hall–Kier alpha value is -3.27. The number of hydrogen-bond acceptors (Lipinski definition) is 3. The van der Waals surface area contributed by atoms with E-state index in [1.54, 1.807) is 0 Å². The quantitative estimate of drug-likeness (QED) is 0.670. The summed E-state index contributed by atoms with van der Waals surface area (Å²) in [6.45, 7) is 2.19. The highest BCUT2D eigenvalue weighted by molar-refractivity contribution is 6.05. The van der Waals surface area contributed by atoms with Crippen LogP contribution in [0, 0.1) is 0 Å². The predicted molar refractivity (Wildman–Crippen MR) is 109 cm³/mol. The first-order valence-electron chi connectivity index (χ1n) is 9.28. The van der Waals surface area contributed by atoms with Crippen LogP contribution in [0.3, 0.4) is 0 Å². The van der Waals surface area contributed by atoms with Crippen LogP contribution in [0.5, 0.6) is 11.5 Å². The molecule has 0 unspecified atom stereocenters. The molecule has 136 valence electrons. The summed E-state index contributed by atoms with van der Waals surface area (Å²) in [5.41, 5.74) is 2.46. The van der Waals surface area contributed by atoms with Crippen molar-refractivity contribution in [3.05, 3.63) is 84.4 Å². The molecule has 0 aromatic heterocycles. The average molecular weight is 358 g/mol. The molecule has 27 heavy (non-hydrogen) atoms. The summed E-state index contributed by atoms with van der Waals surface area (Å²) < 4.78 is 5.91. The molecule has 1 amide bonds. The third-order valence-electron chi connectivity index (χ3n) is 4.71. The van der Waals surface area contributed by atoms with Crippen LogP contribution >= 0.6 is 0 Å². The van der Waals surface area contributed by atoms with Crippen molar-refractivity contribution in [2.75, 3.05) is 23.3 Å². The monoisotopic (exact) mass is 358 g/mol. The number of para-hydroxylation sites is 3. The van der Waals surface area contributed by atoms with E-state index in [0.717, 1.165) is 18.8 Å². The van der Waals surface area contributed by atoms with Gasteiger partial charge in [-0.15, -0.1) is 0 Å². The molecule has 1 N–H and O–H groups in total. The zero-order valence-corrected chi connectivity index (χ0v) is 15.1. The van der Waals surface area contributed by atoms with Crippen LogP contribution in [0.2, 0.25) is 0 Å². The number of nitrogens with zero attached hydrogens (tertiary/aromatic N) is 1. The molecule has 1 saturated heterocycles. The standard InChI is InChI=1S/C23H22N2O2/c26-23(18-12-14-19(15-13-18)25-16-6-7-17-25)24-21-10-4-5-11-22(21)27-20-8-2-1-3-9-20/h1-5,8-15H,6-7,16-17H2,(H,24,26). The molecule has 0 aliphatic carbocycles. The molecule has 1 heterocycles. The van der Waals surface area contributed by atoms with E-state index >= 15 is 0 Å². The fraction of sp³-hybridized carbons (Fsp3) is 0.174. The van der Waals surface area contributed by atoms with Crippen molar-refractivity contribution in [3.63, 3.8) is 0 Å². The molecule has 1 fully saturated rings. The van der Waals surface area contributed by atoms with Crippen LogP contribution in [0.15, 0.2) is 78.9 Å². The number of anilines is 2. The van der Waals surface area contributed by atoms with Crippen LogP contribution < -0.4 is 15.0 Å². The fourth-order valence-corrected chi connectivity index (χ4v) is 3.27. The molecule has 0 atom stereocenters. The minimum Gasteiger partial charge on any atom is -0.455 e. The Morgan fingerprint density at radius 3 is 2.22 bits per heavy atom. The van der Waals surface area contributed by atoms with Gasteiger partial charge in [0.25, 0.3) is 5.91 Å². The van der Waals surface area contributed by atoms with Crippen LogP contribution in [0.4, 0.5) is 11.4 Å². The lowest BCUT2D eigenvalue weighted by Crippen LogP contribution is -2.18. The first-order valence-corrected chi connectivity index (χ1v) is 9.28. The van der Waals surface area contributed by atoms with E-state index in [-0.39, 0.29) is 5.91 Å². The van der Waals surface area contributed by atoms with Crippen molar-refractivity contribution in [3.8, 4) is 11.5 Å². The van der Waals surface area contributed by atoms with Gasteiger partial charge in [-0.3, -0.25) is 4.79 Å². The Morgan fingerprint density at radius 2 is 1.48 bits per heavy atom. The van der Waals surface area contributed by atoms with Gasteiger partial charge < -0.3 is 15.0 Å². The largest absolute Gasteiger partial charge is 0.455 e. The SMILES string of the molecule is O=C(Nc1ccccc1Oc1ccccc1)c1ccc(N2CCCC2)cc1. The van der Waals surface area contributed by atoms with E-state index in [2.05, 4.69) is 10.2 Å². The molecule has 4 rings (SSSR count). The predicted octanol–water partition coefficient (Wildman–Crippen LogP) is 5.33. The summed E-state index contributed by atoms with van der Waals surface area (Å²) in [4.78, 5) is 15.0. The topological polar surface area (TPSA) is 41.6 Å². The smallest absolute Gasteiger partial charge is 0.255 e. The van der Waals surface area contributed by atoms with Crippen molar-refractivity contribution in [1.82, 2.24) is 0 Å². The van der Waals surface area contributed by atoms with Crippen molar-refractivity contribution >= 4 is 17.3 Å². The Morgan fingerprint density at radius 1 is 0.815 bits per heavy atom. The number of amides is 1. The molecule has 0 bridgehead atoms. The van der Waals surface area contributed by atoms with Crippen LogP contribution in [-0.2, 0) is 0 Å². The molecule has 0 saturated carbocycles. The number of rotatable bonds is 5. The van der Waals surface area contributed by atoms with Crippen LogP contribution in [-0.4, -0.2) is 19.0 Å². The first kappa shape index (κ1) is 17.2. The van der Waals surface area contributed by atoms with E-state index in [1.165, 1.54) is 18.5 Å². The summed E-state index contributed by atoms with van der Waals surface area (Å²) in [5, 5.41) is 2.96. The second-order valence-electron chi connectivity index (χ2n) is 6.61. The summed E-state index contributed by atoms with van der Waals surface area (Å²) in [6.07, 6.45) is 2.47. The Bertz CT molecular complexity index is 901. The fourth-order valence-electron chi connectivity index (χ4n) is 3.27. The number of nitrogens with one attached hydrogen (secondary N) is 1. The van der Waals surface area contributed by atoms with Crippen molar-refractivity contribution in [2.45, 2.75) is 12.8 Å². The van der Waals surface area contributed by atoms with Gasteiger partial charge in [0.05, 0.1) is 5.69 Å². The summed E-state index contributed by atoms with van der Waals surface area (Å²) in [6, 6.07) is 24.8. The lowest BCUT2D eigenvalue weighted by molar-refractivity contribution is 0.102. The lowest BCUT2D eigenvalue weighted by Gasteiger charge is -2.17. The molecule has 4 nitrogen and oxygen atoms in total. The number of benzene rings is 3. The molecule has 1 aliphatic heterocycles. The first-order chi connectivity index (χ1) is 13.3. The number of hydrogen-bond donors (Lipinski definition) is 1. The third kappa shape index (κ3) is 4.11. The van der Waals surface area contributed by atoms with Gasteiger partial charge in [0, 0.05) is 24.3 Å². The summed E-state index contributed by atoms with van der Waals surface area (Å²) >= 11 is 0. The lowest BCUT2D eigenvalue weighted by atomic mass is 10.1. The van der Waals surface area contributed by atoms with E-state index < -0.39 is 0 Å². The Labute approximate surface area is 159 Å². The van der Waals surface area contributed by atoms with Gasteiger partial charge in [0.15, 0.2) is 5.75 Å². The Kier molecular flexibility index (Phi) is 5.06. The van der Waals surface area contributed by atoms with Gasteiger partial charge in [0.1, 0.15) is 5.75 Å². The van der Waals surface area contributed by atoms with Gasteiger partial charge in [-0.25, -0.2) is 0 Å². The maximum Gasteiger partial charge on any atom is 0.255 e. The van der Waals surface area contributed by atoms with E-state index in [1.807, 2.05) is 78.9 Å². The van der Waals surface area contributed by atoms with Gasteiger partial charge in [0.2, 0.25) is 0 Å². The molecular weight excluding hydrogens is 336 g/mol. The highest BCUT2D eigenvalue weighted by Gasteiger charge is 2.14. The van der Waals surface area contributed by atoms with Crippen molar-refractivity contribution in [2.24, 2.45) is 0 Å². The average Bonchev–Trinajstić information content (AvgIpc) is 3.25. The molecule has 3 aromatic rings. The van der Waals surface area contributed by atoms with Gasteiger partial charge in [-0.05, 0) is 61.4 Å². The van der Waals surface area contributed by atoms with E-state index in [9.17, 15) is 4.79 Å². The van der Waals surface area contributed by atoms with Crippen molar-refractivity contribution in [1.29, 1.82) is 0 Å². The number of carbonyl (C=O) groups is 1. The molecule has 1 aliphatic rings. The third-order valence-corrected chi connectivity index (χ3v) is 4.71. The second kappa shape index (κ2) is 7.96. The van der Waals surface area contributed by atoms with Crippen LogP contribution in [0.25, 0.3) is 0 Å². The van der Waals surface area contributed by atoms with Gasteiger partial charge in [-0.1, -0.05) is 30.3 Å². The molecule has 3 aromatic carbocycles. The zero-order valence-electron chi connectivity index (χ0n) is 15.1. The van der Waals surface area contributed by atoms with Crippen LogP contribution in [0.1, 0.15) is 23.2 Å². The highest BCUT2D eigenvalue weighted by atomic mass is 16.5. The Balaban J connectivity index is 1.48. The molecular formula is C23H22N2O2. The highest BCUT2D eigenvalue weighted by Crippen LogP contribution is 2.29. The van der Waals surface area contributed by atoms with E-state index in [0.29, 0.717) is 17.0 Å². The zero-order chi connectivity index (χ0) is 18.5. The number of ether oxygens (including phenoxy) is 1. The minimum atomic E-state index is -0.146. The minimum absolute atomic E-state index is 0.146. The van der Waals surface area contributed by atoms with E-state index in [4.69, 9.17) is 4.74 Å². The van der Waals surface area contributed by atoms with Gasteiger partial charge in [-0.2, -0.15) is 0 Å². The number of carbonyl (C=O) groups excluding carboxylic acids is 1. The normalized spacial score (nSPS) is 13.4. The van der Waals surface area contributed by atoms with Gasteiger partial charge >= 0.3 is 0 Å².